The van der Waals surface area contributed by atoms with E-state index in [2.05, 4.69) is 22.8 Å². The molecule has 0 saturated carbocycles. The SMILES string of the molecule is CCCCCC(=O)Nc1ccc(C(=O)N/N=C\c2cc(OC)ccc2O)cc1. The standard InChI is InChI=1S/C21H25N3O4/c1-3-4-5-6-20(26)23-17-9-7-15(8-10-17)21(27)24-22-14-16-13-18(28-2)11-12-19(16)25/h7-14,25H,3-6H2,1-2H3,(H,23,26)(H,24,27)/b22-14-. The molecular weight excluding hydrogens is 358 g/mol. The molecule has 2 rings (SSSR count). The van der Waals surface area contributed by atoms with E-state index in [4.69, 9.17) is 4.74 Å². The second-order valence-electron chi connectivity index (χ2n) is 6.21. The fourth-order valence-corrected chi connectivity index (χ4v) is 2.45. The van der Waals surface area contributed by atoms with Gasteiger partial charge in [-0.1, -0.05) is 19.8 Å². The maximum absolute atomic E-state index is 12.2. The van der Waals surface area contributed by atoms with Gasteiger partial charge in [0.2, 0.25) is 5.91 Å². The minimum absolute atomic E-state index is 0.0258. The average Bonchev–Trinajstić information content (AvgIpc) is 2.70. The van der Waals surface area contributed by atoms with Crippen molar-refractivity contribution in [2.75, 3.05) is 12.4 Å². The molecule has 0 aliphatic carbocycles. The summed E-state index contributed by atoms with van der Waals surface area (Å²) in [7, 11) is 1.52. The highest BCUT2D eigenvalue weighted by Gasteiger charge is 2.06. The number of benzene rings is 2. The van der Waals surface area contributed by atoms with Crippen molar-refractivity contribution in [3.05, 3.63) is 53.6 Å². The molecule has 0 radical (unpaired) electrons. The average molecular weight is 383 g/mol. The molecule has 2 aromatic rings. The van der Waals surface area contributed by atoms with Crippen LogP contribution in [0.1, 0.15) is 48.5 Å². The van der Waals surface area contributed by atoms with Crippen LogP contribution in [0.2, 0.25) is 0 Å². The Morgan fingerprint density at radius 1 is 1.14 bits per heavy atom. The molecule has 0 heterocycles. The van der Waals surface area contributed by atoms with Crippen molar-refractivity contribution >= 4 is 23.7 Å². The van der Waals surface area contributed by atoms with Crippen molar-refractivity contribution < 1.29 is 19.4 Å². The van der Waals surface area contributed by atoms with Crippen LogP contribution in [-0.4, -0.2) is 30.2 Å². The molecular formula is C21H25N3O4. The van der Waals surface area contributed by atoms with Crippen molar-refractivity contribution in [3.63, 3.8) is 0 Å². The normalized spacial score (nSPS) is 10.6. The van der Waals surface area contributed by atoms with E-state index >= 15 is 0 Å². The highest BCUT2D eigenvalue weighted by atomic mass is 16.5. The smallest absolute Gasteiger partial charge is 0.271 e. The van der Waals surface area contributed by atoms with Crippen molar-refractivity contribution in [2.45, 2.75) is 32.6 Å². The fourth-order valence-electron chi connectivity index (χ4n) is 2.45. The number of carbonyl (C=O) groups excluding carboxylic acids is 2. The minimum Gasteiger partial charge on any atom is -0.507 e. The largest absolute Gasteiger partial charge is 0.507 e. The molecule has 0 fully saturated rings. The second-order valence-corrected chi connectivity index (χ2v) is 6.21. The number of carbonyl (C=O) groups is 2. The number of hydrazone groups is 1. The van der Waals surface area contributed by atoms with E-state index in [1.165, 1.54) is 19.4 Å². The molecule has 7 heteroatoms. The summed E-state index contributed by atoms with van der Waals surface area (Å²) in [6, 6.07) is 11.3. The van der Waals surface area contributed by atoms with Gasteiger partial charge in [0.25, 0.3) is 5.91 Å². The van der Waals surface area contributed by atoms with E-state index in [9.17, 15) is 14.7 Å². The Balaban J connectivity index is 1.90. The third kappa shape index (κ3) is 6.42. The zero-order chi connectivity index (χ0) is 20.4. The van der Waals surface area contributed by atoms with E-state index in [1.54, 1.807) is 36.4 Å². The van der Waals surface area contributed by atoms with Gasteiger partial charge < -0.3 is 15.2 Å². The maximum Gasteiger partial charge on any atom is 0.271 e. The molecule has 0 bridgehead atoms. The van der Waals surface area contributed by atoms with Gasteiger partial charge in [0, 0.05) is 23.2 Å². The molecule has 0 aliphatic heterocycles. The zero-order valence-electron chi connectivity index (χ0n) is 16.1. The number of anilines is 1. The Labute approximate surface area is 164 Å². The van der Waals surface area contributed by atoms with Crippen LogP contribution < -0.4 is 15.5 Å². The van der Waals surface area contributed by atoms with Crippen LogP contribution in [0.4, 0.5) is 5.69 Å². The highest BCUT2D eigenvalue weighted by molar-refractivity contribution is 5.96. The lowest BCUT2D eigenvalue weighted by Crippen LogP contribution is -2.17. The van der Waals surface area contributed by atoms with Gasteiger partial charge >= 0.3 is 0 Å². The van der Waals surface area contributed by atoms with Crippen LogP contribution in [0.3, 0.4) is 0 Å². The van der Waals surface area contributed by atoms with Crippen LogP contribution in [0, 0.1) is 0 Å². The number of hydrogen-bond donors (Lipinski definition) is 3. The van der Waals surface area contributed by atoms with Crippen molar-refractivity contribution in [1.82, 2.24) is 5.43 Å². The number of phenols is 1. The molecule has 148 valence electrons. The summed E-state index contributed by atoms with van der Waals surface area (Å²) in [6.45, 7) is 2.09. The third-order valence-corrected chi connectivity index (χ3v) is 4.04. The number of unbranched alkanes of at least 4 members (excludes halogenated alkanes) is 2. The highest BCUT2D eigenvalue weighted by Crippen LogP contribution is 2.21. The number of nitrogens with one attached hydrogen (secondary N) is 2. The number of nitrogens with zero attached hydrogens (tertiary/aromatic N) is 1. The summed E-state index contributed by atoms with van der Waals surface area (Å²) < 4.78 is 5.08. The molecule has 0 atom stereocenters. The van der Waals surface area contributed by atoms with Crippen molar-refractivity contribution in [1.29, 1.82) is 0 Å². The molecule has 28 heavy (non-hydrogen) atoms. The lowest BCUT2D eigenvalue weighted by Gasteiger charge is -2.06. The summed E-state index contributed by atoms with van der Waals surface area (Å²) in [6.07, 6.45) is 4.78. The van der Waals surface area contributed by atoms with Crippen LogP contribution >= 0.6 is 0 Å². The van der Waals surface area contributed by atoms with Crippen LogP contribution in [-0.2, 0) is 4.79 Å². The molecule has 2 amide bonds. The number of hydrogen-bond acceptors (Lipinski definition) is 5. The minimum atomic E-state index is -0.403. The number of aromatic hydroxyl groups is 1. The summed E-state index contributed by atoms with van der Waals surface area (Å²) in [5.41, 5.74) is 3.86. The summed E-state index contributed by atoms with van der Waals surface area (Å²) in [5.74, 6) is 0.156. The Morgan fingerprint density at radius 2 is 1.89 bits per heavy atom. The quantitative estimate of drug-likeness (QED) is 0.349. The predicted molar refractivity (Wildman–Crippen MR) is 109 cm³/mol. The van der Waals surface area contributed by atoms with Gasteiger partial charge in [0.05, 0.1) is 13.3 Å². The topological polar surface area (TPSA) is 100 Å². The second kappa shape index (κ2) is 10.7. The molecule has 2 aromatic carbocycles. The first-order valence-corrected chi connectivity index (χ1v) is 9.13. The molecule has 0 spiro atoms. The Morgan fingerprint density at radius 3 is 2.57 bits per heavy atom. The van der Waals surface area contributed by atoms with E-state index in [0.29, 0.717) is 29.0 Å². The van der Waals surface area contributed by atoms with Gasteiger partial charge in [-0.25, -0.2) is 5.43 Å². The Hall–Kier alpha value is -3.35. The van der Waals surface area contributed by atoms with E-state index in [-0.39, 0.29) is 11.7 Å². The van der Waals surface area contributed by atoms with Gasteiger partial charge in [0.1, 0.15) is 11.5 Å². The molecule has 0 saturated heterocycles. The van der Waals surface area contributed by atoms with Gasteiger partial charge in [-0.3, -0.25) is 9.59 Å². The van der Waals surface area contributed by atoms with Crippen LogP contribution in [0.5, 0.6) is 11.5 Å². The van der Waals surface area contributed by atoms with E-state index in [1.807, 2.05) is 0 Å². The number of amides is 2. The molecule has 0 aromatic heterocycles. The fraction of sp³-hybridized carbons (Fsp3) is 0.286. The first-order valence-electron chi connectivity index (χ1n) is 9.13. The molecule has 7 nitrogen and oxygen atoms in total. The third-order valence-electron chi connectivity index (χ3n) is 4.04. The predicted octanol–water partition coefficient (Wildman–Crippen LogP) is 3.68. The number of rotatable bonds is 9. The Bertz CT molecular complexity index is 832. The summed E-state index contributed by atoms with van der Waals surface area (Å²) in [5, 5.41) is 16.5. The monoisotopic (exact) mass is 383 g/mol. The van der Waals surface area contributed by atoms with E-state index < -0.39 is 5.91 Å². The van der Waals surface area contributed by atoms with Gasteiger partial charge in [-0.05, 0) is 48.9 Å². The lowest BCUT2D eigenvalue weighted by molar-refractivity contribution is -0.116. The van der Waals surface area contributed by atoms with Crippen LogP contribution in [0.15, 0.2) is 47.6 Å². The molecule has 0 aliphatic rings. The Kier molecular flexibility index (Phi) is 8.02. The maximum atomic E-state index is 12.2. The van der Waals surface area contributed by atoms with Crippen molar-refractivity contribution in [3.8, 4) is 11.5 Å². The summed E-state index contributed by atoms with van der Waals surface area (Å²) in [4.78, 5) is 24.0. The van der Waals surface area contributed by atoms with Gasteiger partial charge in [-0.2, -0.15) is 5.10 Å². The first-order chi connectivity index (χ1) is 13.5. The summed E-state index contributed by atoms with van der Waals surface area (Å²) >= 11 is 0. The number of methoxy groups -OCH3 is 1. The zero-order valence-corrected chi connectivity index (χ0v) is 16.1. The van der Waals surface area contributed by atoms with Gasteiger partial charge in [0.15, 0.2) is 0 Å². The number of ether oxygens (including phenoxy) is 1. The first kappa shape index (κ1) is 21.0. The van der Waals surface area contributed by atoms with E-state index in [0.717, 1.165) is 19.3 Å². The van der Waals surface area contributed by atoms with Gasteiger partial charge in [-0.15, -0.1) is 0 Å². The number of phenolic OH excluding ortho intramolecular Hbond substituents is 1. The molecule has 0 unspecified atom stereocenters. The molecule has 3 N–H and O–H groups in total. The van der Waals surface area contributed by atoms with Crippen LogP contribution in [0.25, 0.3) is 0 Å². The lowest BCUT2D eigenvalue weighted by atomic mass is 10.1. The van der Waals surface area contributed by atoms with Crippen molar-refractivity contribution in [2.24, 2.45) is 5.10 Å².